The summed E-state index contributed by atoms with van der Waals surface area (Å²) in [5, 5.41) is 9.29. The van der Waals surface area contributed by atoms with Crippen LogP contribution in [0.5, 0.6) is 0 Å². The van der Waals surface area contributed by atoms with Gasteiger partial charge in [-0.3, -0.25) is 0 Å². The molecule has 1 rings (SSSR count). The van der Waals surface area contributed by atoms with Gasteiger partial charge in [-0.25, -0.2) is 0 Å². The maximum absolute atomic E-state index is 9.29. The summed E-state index contributed by atoms with van der Waals surface area (Å²) in [7, 11) is 0. The zero-order valence-electron chi connectivity index (χ0n) is 6.42. The lowest BCUT2D eigenvalue weighted by Gasteiger charge is -2.05. The lowest BCUT2D eigenvalue weighted by atomic mass is 10.1. The molecule has 2 heteroatoms. The van der Waals surface area contributed by atoms with Gasteiger partial charge in [-0.1, -0.05) is 29.8 Å². The molecule has 1 unspecified atom stereocenters. The van der Waals surface area contributed by atoms with E-state index >= 15 is 0 Å². The summed E-state index contributed by atoms with van der Waals surface area (Å²) in [5.74, 6) is 0.253. The summed E-state index contributed by atoms with van der Waals surface area (Å²) in [6, 6.07) is 7.71. The second-order valence-corrected chi connectivity index (χ2v) is 2.89. The Labute approximate surface area is 71.6 Å². The number of hydrogen-bond acceptors (Lipinski definition) is 1. The van der Waals surface area contributed by atoms with Gasteiger partial charge in [-0.2, -0.15) is 0 Å². The van der Waals surface area contributed by atoms with Gasteiger partial charge >= 0.3 is 0 Å². The fourth-order valence-electron chi connectivity index (χ4n) is 0.878. The molecule has 0 fully saturated rings. The van der Waals surface area contributed by atoms with Crippen LogP contribution in [0.15, 0.2) is 24.3 Å². The van der Waals surface area contributed by atoms with Gasteiger partial charge in [0.25, 0.3) is 0 Å². The molecule has 0 bridgehead atoms. The molecule has 0 aliphatic rings. The quantitative estimate of drug-likeness (QED) is 0.676. The highest BCUT2D eigenvalue weighted by Crippen LogP contribution is 2.14. The van der Waals surface area contributed by atoms with Crippen molar-refractivity contribution in [2.24, 2.45) is 0 Å². The van der Waals surface area contributed by atoms with Crippen molar-refractivity contribution in [2.45, 2.75) is 13.0 Å². The lowest BCUT2D eigenvalue weighted by Crippen LogP contribution is -1.97. The van der Waals surface area contributed by atoms with Gasteiger partial charge < -0.3 is 5.11 Å². The van der Waals surface area contributed by atoms with Crippen molar-refractivity contribution >= 4 is 11.6 Å². The summed E-state index contributed by atoms with van der Waals surface area (Å²) in [6.45, 7) is 2.01. The number of rotatable bonds is 2. The molecular weight excluding hydrogens is 160 g/mol. The Bertz CT molecular complexity index is 218. The van der Waals surface area contributed by atoms with E-state index in [4.69, 9.17) is 11.6 Å². The third kappa shape index (κ3) is 2.21. The van der Waals surface area contributed by atoms with Gasteiger partial charge in [0.2, 0.25) is 0 Å². The molecule has 0 heterocycles. The summed E-state index contributed by atoms with van der Waals surface area (Å²) in [5.41, 5.74) is 2.07. The molecule has 1 aromatic carbocycles. The molecule has 1 atom stereocenters. The number of aryl methyl sites for hydroxylation is 1. The SMILES string of the molecule is Cc1ccc(C(O)CCl)cc1. The van der Waals surface area contributed by atoms with Gasteiger partial charge in [0.15, 0.2) is 0 Å². The van der Waals surface area contributed by atoms with Crippen molar-refractivity contribution in [1.29, 1.82) is 0 Å². The fraction of sp³-hybridized carbons (Fsp3) is 0.333. The smallest absolute Gasteiger partial charge is 0.0925 e. The van der Waals surface area contributed by atoms with Crippen LogP contribution in [-0.4, -0.2) is 11.0 Å². The van der Waals surface area contributed by atoms with Crippen molar-refractivity contribution in [3.05, 3.63) is 35.4 Å². The summed E-state index contributed by atoms with van der Waals surface area (Å²) >= 11 is 5.48. The van der Waals surface area contributed by atoms with Crippen molar-refractivity contribution in [3.63, 3.8) is 0 Å². The monoisotopic (exact) mass is 170 g/mol. The molecule has 0 saturated heterocycles. The van der Waals surface area contributed by atoms with E-state index in [2.05, 4.69) is 0 Å². The molecule has 0 spiro atoms. The molecule has 0 aliphatic carbocycles. The molecule has 0 aromatic heterocycles. The zero-order chi connectivity index (χ0) is 8.27. The fourth-order valence-corrected chi connectivity index (χ4v) is 1.06. The number of alkyl halides is 1. The molecule has 11 heavy (non-hydrogen) atoms. The first-order valence-electron chi connectivity index (χ1n) is 3.54. The van der Waals surface area contributed by atoms with Crippen molar-refractivity contribution in [1.82, 2.24) is 0 Å². The largest absolute Gasteiger partial charge is 0.387 e. The van der Waals surface area contributed by atoms with Crippen LogP contribution in [-0.2, 0) is 0 Å². The minimum atomic E-state index is -0.530. The Kier molecular flexibility index (Phi) is 2.92. The summed E-state index contributed by atoms with van der Waals surface area (Å²) in [4.78, 5) is 0. The van der Waals surface area contributed by atoms with E-state index in [1.54, 1.807) is 0 Å². The standard InChI is InChI=1S/C9H11ClO/c1-7-2-4-8(5-3-7)9(11)6-10/h2-5,9,11H,6H2,1H3. The van der Waals surface area contributed by atoms with Crippen LogP contribution in [0, 0.1) is 6.92 Å². The third-order valence-corrected chi connectivity index (χ3v) is 1.90. The number of hydrogen-bond donors (Lipinski definition) is 1. The summed E-state index contributed by atoms with van der Waals surface area (Å²) in [6.07, 6.45) is -0.530. The molecule has 60 valence electrons. The maximum Gasteiger partial charge on any atom is 0.0925 e. The first kappa shape index (κ1) is 8.57. The van der Waals surface area contributed by atoms with E-state index in [1.165, 1.54) is 5.56 Å². The predicted molar refractivity (Wildman–Crippen MR) is 46.9 cm³/mol. The normalized spacial score (nSPS) is 13.0. The molecule has 0 radical (unpaired) electrons. The molecule has 0 aliphatic heterocycles. The Morgan fingerprint density at radius 2 is 1.91 bits per heavy atom. The number of aliphatic hydroxyl groups excluding tert-OH is 1. The second-order valence-electron chi connectivity index (χ2n) is 2.58. The average Bonchev–Trinajstić information content (AvgIpc) is 2.05. The van der Waals surface area contributed by atoms with Gasteiger partial charge in [0.1, 0.15) is 0 Å². The van der Waals surface area contributed by atoms with E-state index in [0.717, 1.165) is 5.56 Å². The Balaban J connectivity index is 2.81. The second kappa shape index (κ2) is 3.74. The van der Waals surface area contributed by atoms with Crippen LogP contribution in [0.1, 0.15) is 17.2 Å². The molecule has 1 aromatic rings. The van der Waals surface area contributed by atoms with Crippen LogP contribution in [0.2, 0.25) is 0 Å². The lowest BCUT2D eigenvalue weighted by molar-refractivity contribution is 0.202. The third-order valence-electron chi connectivity index (χ3n) is 1.61. The Morgan fingerprint density at radius 1 is 1.36 bits per heavy atom. The van der Waals surface area contributed by atoms with Crippen LogP contribution in [0.3, 0.4) is 0 Å². The van der Waals surface area contributed by atoms with Gasteiger partial charge in [0, 0.05) is 0 Å². The number of halogens is 1. The average molecular weight is 171 g/mol. The van der Waals surface area contributed by atoms with E-state index in [0.29, 0.717) is 0 Å². The van der Waals surface area contributed by atoms with Gasteiger partial charge in [-0.05, 0) is 12.5 Å². The highest BCUT2D eigenvalue weighted by atomic mass is 35.5. The number of aliphatic hydroxyl groups is 1. The van der Waals surface area contributed by atoms with E-state index in [-0.39, 0.29) is 5.88 Å². The van der Waals surface area contributed by atoms with E-state index in [1.807, 2.05) is 31.2 Å². The van der Waals surface area contributed by atoms with E-state index < -0.39 is 6.10 Å². The van der Waals surface area contributed by atoms with Crippen LogP contribution in [0.25, 0.3) is 0 Å². The predicted octanol–water partition coefficient (Wildman–Crippen LogP) is 2.27. The van der Waals surface area contributed by atoms with Gasteiger partial charge in [0.05, 0.1) is 12.0 Å². The Hall–Kier alpha value is -0.530. The topological polar surface area (TPSA) is 20.2 Å². The van der Waals surface area contributed by atoms with Crippen LogP contribution in [0.4, 0.5) is 0 Å². The summed E-state index contributed by atoms with van der Waals surface area (Å²) < 4.78 is 0. The zero-order valence-corrected chi connectivity index (χ0v) is 7.17. The minimum Gasteiger partial charge on any atom is -0.387 e. The minimum absolute atomic E-state index is 0.253. The molecule has 1 nitrogen and oxygen atoms in total. The van der Waals surface area contributed by atoms with Crippen molar-refractivity contribution < 1.29 is 5.11 Å². The first-order chi connectivity index (χ1) is 5.24. The molecule has 0 saturated carbocycles. The van der Waals surface area contributed by atoms with Crippen molar-refractivity contribution in [3.8, 4) is 0 Å². The first-order valence-corrected chi connectivity index (χ1v) is 4.08. The maximum atomic E-state index is 9.29. The van der Waals surface area contributed by atoms with Crippen LogP contribution < -0.4 is 0 Å². The highest BCUT2D eigenvalue weighted by Gasteiger charge is 2.03. The van der Waals surface area contributed by atoms with E-state index in [9.17, 15) is 5.11 Å². The Morgan fingerprint density at radius 3 is 2.36 bits per heavy atom. The highest BCUT2D eigenvalue weighted by molar-refractivity contribution is 6.18. The molecule has 1 N–H and O–H groups in total. The molecular formula is C9H11ClO. The van der Waals surface area contributed by atoms with Crippen LogP contribution >= 0.6 is 11.6 Å². The van der Waals surface area contributed by atoms with Crippen molar-refractivity contribution in [2.75, 3.05) is 5.88 Å². The molecule has 0 amide bonds. The van der Waals surface area contributed by atoms with Gasteiger partial charge in [-0.15, -0.1) is 11.6 Å². The number of benzene rings is 1.